The number of allylic oxidation sites excluding steroid dienone is 1. The van der Waals surface area contributed by atoms with E-state index in [-0.39, 0.29) is 23.4 Å². The molecule has 0 aromatic heterocycles. The minimum Gasteiger partial charge on any atom is -0.349 e. The summed E-state index contributed by atoms with van der Waals surface area (Å²) in [6.45, 7) is 7.21. The first-order chi connectivity index (χ1) is 14.8. The molecule has 2 aromatic rings. The lowest BCUT2D eigenvalue weighted by Gasteiger charge is -2.31. The molecule has 7 heteroatoms. The fourth-order valence-electron chi connectivity index (χ4n) is 3.50. The van der Waals surface area contributed by atoms with Crippen molar-refractivity contribution in [2.45, 2.75) is 44.2 Å². The van der Waals surface area contributed by atoms with Crippen molar-refractivity contribution in [3.8, 4) is 0 Å². The van der Waals surface area contributed by atoms with Gasteiger partial charge in [0.2, 0.25) is 10.0 Å². The second-order valence-corrected chi connectivity index (χ2v) is 9.93. The van der Waals surface area contributed by atoms with Gasteiger partial charge in [-0.05, 0) is 50.5 Å². The van der Waals surface area contributed by atoms with Gasteiger partial charge in [0.15, 0.2) is 0 Å². The topological polar surface area (TPSA) is 78.5 Å². The number of sulfonamides is 1. The number of rotatable bonds is 8. The molecule has 3 rings (SSSR count). The van der Waals surface area contributed by atoms with E-state index in [4.69, 9.17) is 0 Å². The van der Waals surface area contributed by atoms with E-state index in [0.717, 1.165) is 38.0 Å². The smallest absolute Gasteiger partial charge is 0.251 e. The summed E-state index contributed by atoms with van der Waals surface area (Å²) in [4.78, 5) is 15.2. The van der Waals surface area contributed by atoms with Gasteiger partial charge in [-0.15, -0.1) is 0 Å². The second kappa shape index (κ2) is 10.7. The Morgan fingerprint density at radius 3 is 2.45 bits per heavy atom. The summed E-state index contributed by atoms with van der Waals surface area (Å²) in [5, 5.41) is 3.06. The van der Waals surface area contributed by atoms with E-state index < -0.39 is 10.0 Å². The van der Waals surface area contributed by atoms with Crippen molar-refractivity contribution in [1.29, 1.82) is 0 Å². The number of piperidine rings is 1. The van der Waals surface area contributed by atoms with Gasteiger partial charge < -0.3 is 5.32 Å². The summed E-state index contributed by atoms with van der Waals surface area (Å²) in [5.41, 5.74) is 2.54. The maximum absolute atomic E-state index is 12.7. The van der Waals surface area contributed by atoms with Crippen LogP contribution in [-0.4, -0.2) is 44.9 Å². The van der Waals surface area contributed by atoms with E-state index in [2.05, 4.69) is 34.9 Å². The number of hydrogen-bond donors (Lipinski definition) is 2. The second-order valence-electron chi connectivity index (χ2n) is 8.17. The zero-order valence-electron chi connectivity index (χ0n) is 18.2. The molecule has 0 radical (unpaired) electrons. The number of carbonyl (C=O) groups is 1. The predicted molar refractivity (Wildman–Crippen MR) is 123 cm³/mol. The van der Waals surface area contributed by atoms with Crippen LogP contribution in [0.5, 0.6) is 0 Å². The molecule has 0 atom stereocenters. The van der Waals surface area contributed by atoms with Gasteiger partial charge in [0.25, 0.3) is 5.91 Å². The molecule has 166 valence electrons. The Morgan fingerprint density at radius 1 is 1.06 bits per heavy atom. The van der Waals surface area contributed by atoms with Crippen LogP contribution in [0.15, 0.2) is 71.1 Å². The first kappa shape index (κ1) is 23.2. The molecule has 1 heterocycles. The van der Waals surface area contributed by atoms with Crippen molar-refractivity contribution in [3.05, 3.63) is 77.4 Å². The highest BCUT2D eigenvalue weighted by Gasteiger charge is 2.22. The van der Waals surface area contributed by atoms with Crippen molar-refractivity contribution >= 4 is 15.9 Å². The van der Waals surface area contributed by atoms with Gasteiger partial charge in [-0.3, -0.25) is 9.69 Å². The maximum Gasteiger partial charge on any atom is 0.251 e. The summed E-state index contributed by atoms with van der Waals surface area (Å²) in [5.74, 6) is -0.233. The number of hydrogen-bond acceptors (Lipinski definition) is 4. The Labute approximate surface area is 185 Å². The molecule has 0 spiro atoms. The quantitative estimate of drug-likeness (QED) is 0.616. The standard InChI is InChI=1S/C24H31N3O3S/c1-19(2)11-14-27-15-12-22(13-16-27)26-24(28)21-9-6-10-23(17-21)31(29,30)25-18-20-7-4-3-5-8-20/h3-11,17,22,25H,12-16,18H2,1-2H3,(H,26,28). The van der Waals surface area contributed by atoms with Crippen molar-refractivity contribution in [2.75, 3.05) is 19.6 Å². The maximum atomic E-state index is 12.7. The highest BCUT2D eigenvalue weighted by atomic mass is 32.2. The average molecular weight is 442 g/mol. The van der Waals surface area contributed by atoms with Crippen LogP contribution in [-0.2, 0) is 16.6 Å². The van der Waals surface area contributed by atoms with E-state index >= 15 is 0 Å². The molecule has 31 heavy (non-hydrogen) atoms. The molecule has 0 bridgehead atoms. The lowest BCUT2D eigenvalue weighted by Crippen LogP contribution is -2.44. The molecular weight excluding hydrogens is 410 g/mol. The summed E-state index contributed by atoms with van der Waals surface area (Å²) in [6.07, 6.45) is 3.99. The molecule has 1 amide bonds. The van der Waals surface area contributed by atoms with Gasteiger partial charge >= 0.3 is 0 Å². The molecule has 1 aliphatic rings. The van der Waals surface area contributed by atoms with Crippen molar-refractivity contribution in [1.82, 2.24) is 14.9 Å². The third-order valence-electron chi connectivity index (χ3n) is 5.40. The molecule has 0 saturated carbocycles. The molecule has 1 saturated heterocycles. The SMILES string of the molecule is CC(C)=CCN1CCC(NC(=O)c2cccc(S(=O)(=O)NCc3ccccc3)c2)CC1. The van der Waals surface area contributed by atoms with E-state index in [1.54, 1.807) is 12.1 Å². The van der Waals surface area contributed by atoms with Crippen LogP contribution in [0.2, 0.25) is 0 Å². The lowest BCUT2D eigenvalue weighted by molar-refractivity contribution is 0.0914. The third kappa shape index (κ3) is 7.02. The molecule has 6 nitrogen and oxygen atoms in total. The van der Waals surface area contributed by atoms with Crippen LogP contribution >= 0.6 is 0 Å². The molecule has 0 unspecified atom stereocenters. The van der Waals surface area contributed by atoms with Crippen LogP contribution in [0, 0.1) is 0 Å². The number of amides is 1. The van der Waals surface area contributed by atoms with Gasteiger partial charge in [-0.25, -0.2) is 13.1 Å². The van der Waals surface area contributed by atoms with Gasteiger partial charge in [0, 0.05) is 37.8 Å². The molecule has 2 N–H and O–H groups in total. The Bertz CT molecular complexity index is 1010. The van der Waals surface area contributed by atoms with E-state index in [0.29, 0.717) is 5.56 Å². The van der Waals surface area contributed by atoms with Crippen molar-refractivity contribution in [3.63, 3.8) is 0 Å². The molecule has 0 aliphatic carbocycles. The lowest BCUT2D eigenvalue weighted by atomic mass is 10.0. The van der Waals surface area contributed by atoms with Crippen molar-refractivity contribution < 1.29 is 13.2 Å². The largest absolute Gasteiger partial charge is 0.349 e. The van der Waals surface area contributed by atoms with E-state index in [1.807, 2.05) is 30.3 Å². The van der Waals surface area contributed by atoms with Crippen LogP contribution in [0.1, 0.15) is 42.6 Å². The predicted octanol–water partition coefficient (Wildman–Crippen LogP) is 3.33. The summed E-state index contributed by atoms with van der Waals surface area (Å²) < 4.78 is 27.9. The zero-order valence-corrected chi connectivity index (χ0v) is 19.0. The van der Waals surface area contributed by atoms with Gasteiger partial charge in [-0.1, -0.05) is 48.0 Å². The van der Waals surface area contributed by atoms with Gasteiger partial charge in [0.1, 0.15) is 0 Å². The summed E-state index contributed by atoms with van der Waals surface area (Å²) >= 11 is 0. The fourth-order valence-corrected chi connectivity index (χ4v) is 4.57. The van der Waals surface area contributed by atoms with Crippen LogP contribution in [0.4, 0.5) is 0 Å². The Hall–Kier alpha value is -2.48. The first-order valence-corrected chi connectivity index (χ1v) is 12.1. The van der Waals surface area contributed by atoms with Crippen molar-refractivity contribution in [2.24, 2.45) is 0 Å². The Morgan fingerprint density at radius 2 is 1.77 bits per heavy atom. The van der Waals surface area contributed by atoms with Gasteiger partial charge in [0.05, 0.1) is 4.90 Å². The highest BCUT2D eigenvalue weighted by Crippen LogP contribution is 2.15. The number of likely N-dealkylation sites (tertiary alicyclic amines) is 1. The first-order valence-electron chi connectivity index (χ1n) is 10.6. The zero-order chi connectivity index (χ0) is 22.3. The number of nitrogens with one attached hydrogen (secondary N) is 2. The normalized spacial score (nSPS) is 15.4. The minimum absolute atomic E-state index is 0.0904. The Kier molecular flexibility index (Phi) is 8.01. The number of carbonyl (C=O) groups excluding carboxylic acids is 1. The van der Waals surface area contributed by atoms with Crippen LogP contribution in [0.3, 0.4) is 0 Å². The highest BCUT2D eigenvalue weighted by molar-refractivity contribution is 7.89. The number of nitrogens with zero attached hydrogens (tertiary/aromatic N) is 1. The van der Waals surface area contributed by atoms with E-state index in [9.17, 15) is 13.2 Å². The van der Waals surface area contributed by atoms with Crippen LogP contribution in [0.25, 0.3) is 0 Å². The third-order valence-corrected chi connectivity index (χ3v) is 6.80. The average Bonchev–Trinajstić information content (AvgIpc) is 2.78. The molecule has 1 fully saturated rings. The van der Waals surface area contributed by atoms with Crippen LogP contribution < -0.4 is 10.0 Å². The minimum atomic E-state index is -3.71. The van der Waals surface area contributed by atoms with E-state index in [1.165, 1.54) is 17.7 Å². The molecule has 2 aromatic carbocycles. The molecular formula is C24H31N3O3S. The molecule has 1 aliphatic heterocycles. The summed E-state index contributed by atoms with van der Waals surface area (Å²) in [6, 6.07) is 15.6. The Balaban J connectivity index is 1.57. The van der Waals surface area contributed by atoms with Gasteiger partial charge in [-0.2, -0.15) is 0 Å². The monoisotopic (exact) mass is 441 g/mol. The summed E-state index contributed by atoms with van der Waals surface area (Å²) in [7, 11) is -3.71. The number of benzene rings is 2. The fraction of sp³-hybridized carbons (Fsp3) is 0.375.